The lowest BCUT2D eigenvalue weighted by atomic mass is 10.0. The van der Waals surface area contributed by atoms with Gasteiger partial charge in [0.2, 0.25) is 0 Å². The normalized spacial score (nSPS) is 16.0. The van der Waals surface area contributed by atoms with Gasteiger partial charge in [-0.25, -0.2) is 14.6 Å². The first-order chi connectivity index (χ1) is 17.7. The Morgan fingerprint density at radius 2 is 1.92 bits per heavy atom. The van der Waals surface area contributed by atoms with Gasteiger partial charge < -0.3 is 19.9 Å². The number of carbonyl (C=O) groups is 2. The molecule has 1 saturated heterocycles. The molecule has 0 saturated carbocycles. The number of fused-ring (bicyclic) bond motifs is 3. The van der Waals surface area contributed by atoms with E-state index < -0.39 is 5.60 Å². The van der Waals surface area contributed by atoms with Gasteiger partial charge in [0.05, 0.1) is 12.1 Å². The van der Waals surface area contributed by atoms with E-state index in [1.54, 1.807) is 21.7 Å². The third-order valence-electron chi connectivity index (χ3n) is 6.60. The zero-order chi connectivity index (χ0) is 26.2. The second-order valence-electron chi connectivity index (χ2n) is 10.4. The molecule has 0 aliphatic carbocycles. The van der Waals surface area contributed by atoms with Crippen molar-refractivity contribution in [3.8, 4) is 0 Å². The Morgan fingerprint density at radius 1 is 1.14 bits per heavy atom. The predicted molar refractivity (Wildman–Crippen MR) is 149 cm³/mol. The van der Waals surface area contributed by atoms with Crippen LogP contribution in [-0.2, 0) is 24.2 Å². The SMILES string of the molecule is CC(C)(C)OC(=O)N1CCc2c(c3cc(N4CCSCC4)ccc3n2C(=O)NCc2ccnc(Cl)c2)C1. The summed E-state index contributed by atoms with van der Waals surface area (Å²) in [6.07, 6.45) is 1.86. The van der Waals surface area contributed by atoms with Crippen LogP contribution in [0.25, 0.3) is 10.9 Å². The number of ether oxygens (including phenoxy) is 1. The van der Waals surface area contributed by atoms with Crippen molar-refractivity contribution in [1.29, 1.82) is 0 Å². The molecular formula is C27H32ClN5O3S. The summed E-state index contributed by atoms with van der Waals surface area (Å²) < 4.78 is 7.42. The minimum atomic E-state index is -0.569. The summed E-state index contributed by atoms with van der Waals surface area (Å²) in [5.74, 6) is 2.20. The third-order valence-corrected chi connectivity index (χ3v) is 7.75. The Morgan fingerprint density at radius 3 is 2.65 bits per heavy atom. The van der Waals surface area contributed by atoms with E-state index >= 15 is 0 Å². The number of hydrogen-bond acceptors (Lipinski definition) is 6. The van der Waals surface area contributed by atoms with Crippen LogP contribution in [0.15, 0.2) is 36.5 Å². The van der Waals surface area contributed by atoms with Crippen molar-refractivity contribution in [2.75, 3.05) is 36.0 Å². The Kier molecular flexibility index (Phi) is 7.27. The standard InChI is InChI=1S/C27H32ClN5O3S/c1-27(2,3)36-26(35)32-9-7-23-21(17-32)20-15-19(31-10-12-37-13-11-31)4-5-22(20)33(23)25(34)30-16-18-6-8-29-24(28)14-18/h4-6,8,14-15H,7,9-13,16-17H2,1-3H3,(H,30,34). The highest BCUT2D eigenvalue weighted by molar-refractivity contribution is 7.99. The molecule has 0 spiro atoms. The van der Waals surface area contributed by atoms with Crippen LogP contribution in [0.4, 0.5) is 15.3 Å². The van der Waals surface area contributed by atoms with Gasteiger partial charge in [0.1, 0.15) is 10.8 Å². The van der Waals surface area contributed by atoms with E-state index in [2.05, 4.69) is 27.3 Å². The maximum Gasteiger partial charge on any atom is 0.410 e. The molecule has 2 aliphatic rings. The lowest BCUT2D eigenvalue weighted by Crippen LogP contribution is -2.40. The molecule has 0 bridgehead atoms. The molecular weight excluding hydrogens is 510 g/mol. The summed E-state index contributed by atoms with van der Waals surface area (Å²) in [5, 5.41) is 4.42. The summed E-state index contributed by atoms with van der Waals surface area (Å²) in [7, 11) is 0. The maximum absolute atomic E-state index is 13.5. The molecule has 4 heterocycles. The van der Waals surface area contributed by atoms with Crippen molar-refractivity contribution in [2.24, 2.45) is 0 Å². The van der Waals surface area contributed by atoms with Gasteiger partial charge in [-0.3, -0.25) is 4.57 Å². The van der Waals surface area contributed by atoms with Crippen molar-refractivity contribution in [2.45, 2.75) is 45.9 Å². The van der Waals surface area contributed by atoms with Crippen LogP contribution < -0.4 is 10.2 Å². The van der Waals surface area contributed by atoms with Crippen molar-refractivity contribution >= 4 is 52.1 Å². The quantitative estimate of drug-likeness (QED) is 0.454. The van der Waals surface area contributed by atoms with Crippen LogP contribution in [0.1, 0.15) is 37.6 Å². The number of thioether (sulfide) groups is 1. The molecule has 0 radical (unpaired) electrons. The van der Waals surface area contributed by atoms with Crippen molar-refractivity contribution in [1.82, 2.24) is 19.8 Å². The van der Waals surface area contributed by atoms with Crippen LogP contribution in [0.2, 0.25) is 5.15 Å². The lowest BCUT2D eigenvalue weighted by Gasteiger charge is -2.31. The molecule has 5 rings (SSSR count). The lowest BCUT2D eigenvalue weighted by molar-refractivity contribution is 0.0224. The highest BCUT2D eigenvalue weighted by Gasteiger charge is 2.31. The van der Waals surface area contributed by atoms with E-state index in [0.29, 0.717) is 31.2 Å². The van der Waals surface area contributed by atoms with Crippen molar-refractivity contribution in [3.63, 3.8) is 0 Å². The first-order valence-electron chi connectivity index (χ1n) is 12.5. The highest BCUT2D eigenvalue weighted by Crippen LogP contribution is 2.34. The number of benzene rings is 1. The Hall–Kier alpha value is -2.91. The molecule has 1 aromatic carbocycles. The Bertz CT molecular complexity index is 1330. The van der Waals surface area contributed by atoms with Crippen molar-refractivity contribution < 1.29 is 14.3 Å². The molecule has 8 nitrogen and oxygen atoms in total. The summed E-state index contributed by atoms with van der Waals surface area (Å²) in [5.41, 5.74) is 4.24. The van der Waals surface area contributed by atoms with Gasteiger partial charge in [-0.2, -0.15) is 11.8 Å². The average Bonchev–Trinajstić information content (AvgIpc) is 3.20. The number of amides is 2. The number of pyridine rings is 1. The second kappa shape index (κ2) is 10.5. The minimum Gasteiger partial charge on any atom is -0.444 e. The summed E-state index contributed by atoms with van der Waals surface area (Å²) >= 11 is 7.99. The molecule has 0 unspecified atom stereocenters. The van der Waals surface area contributed by atoms with Gasteiger partial charge in [-0.15, -0.1) is 0 Å². The van der Waals surface area contributed by atoms with Gasteiger partial charge in [-0.05, 0) is 56.7 Å². The third kappa shape index (κ3) is 5.67. The zero-order valence-corrected chi connectivity index (χ0v) is 23.0. The number of nitrogens with one attached hydrogen (secondary N) is 1. The molecule has 1 fully saturated rings. The van der Waals surface area contributed by atoms with Crippen LogP contribution >= 0.6 is 23.4 Å². The van der Waals surface area contributed by atoms with Crippen LogP contribution in [-0.4, -0.2) is 63.3 Å². The average molecular weight is 542 g/mol. The second-order valence-corrected chi connectivity index (χ2v) is 12.0. The highest BCUT2D eigenvalue weighted by atomic mass is 35.5. The number of hydrogen-bond donors (Lipinski definition) is 1. The number of nitrogens with zero attached hydrogens (tertiary/aromatic N) is 4. The Balaban J connectivity index is 1.49. The van der Waals surface area contributed by atoms with Crippen LogP contribution in [0.3, 0.4) is 0 Å². The molecule has 1 N–H and O–H groups in total. The first-order valence-corrected chi connectivity index (χ1v) is 14.1. The monoisotopic (exact) mass is 541 g/mol. The molecule has 0 atom stereocenters. The van der Waals surface area contributed by atoms with Crippen LogP contribution in [0.5, 0.6) is 0 Å². The van der Waals surface area contributed by atoms with E-state index in [0.717, 1.165) is 58.0 Å². The van der Waals surface area contributed by atoms with E-state index in [1.165, 1.54) is 0 Å². The summed E-state index contributed by atoms with van der Waals surface area (Å²) in [6, 6.07) is 9.68. The molecule has 10 heteroatoms. The van der Waals surface area contributed by atoms with Crippen LogP contribution in [0, 0.1) is 0 Å². The van der Waals surface area contributed by atoms with Crippen molar-refractivity contribution in [3.05, 3.63) is 58.5 Å². The topological polar surface area (TPSA) is 79.7 Å². The molecule has 2 aliphatic heterocycles. The molecule has 37 heavy (non-hydrogen) atoms. The largest absolute Gasteiger partial charge is 0.444 e. The smallest absolute Gasteiger partial charge is 0.410 e. The maximum atomic E-state index is 13.5. The number of carbonyl (C=O) groups excluding carboxylic acids is 2. The van der Waals surface area contributed by atoms with Gasteiger partial charge in [-0.1, -0.05) is 11.6 Å². The fourth-order valence-electron chi connectivity index (χ4n) is 4.89. The molecule has 3 aromatic rings. The van der Waals surface area contributed by atoms with E-state index in [4.69, 9.17) is 16.3 Å². The van der Waals surface area contributed by atoms with E-state index in [9.17, 15) is 9.59 Å². The molecule has 2 aromatic heterocycles. The minimum absolute atomic E-state index is 0.202. The zero-order valence-electron chi connectivity index (χ0n) is 21.4. The number of aromatic nitrogens is 2. The molecule has 196 valence electrons. The Labute approximate surface area is 226 Å². The fraction of sp³-hybridized carbons (Fsp3) is 0.444. The summed E-state index contributed by atoms with van der Waals surface area (Å²) in [4.78, 5) is 34.5. The van der Waals surface area contributed by atoms with Gasteiger partial charge >= 0.3 is 12.1 Å². The predicted octanol–water partition coefficient (Wildman–Crippen LogP) is 5.29. The van der Waals surface area contributed by atoms with Gasteiger partial charge in [0, 0.05) is 72.6 Å². The summed E-state index contributed by atoms with van der Waals surface area (Å²) in [6.45, 7) is 8.84. The van der Waals surface area contributed by atoms with E-state index in [1.807, 2.05) is 44.7 Å². The van der Waals surface area contributed by atoms with Gasteiger partial charge in [0.25, 0.3) is 0 Å². The molecule has 2 amide bonds. The fourth-order valence-corrected chi connectivity index (χ4v) is 5.99. The van der Waals surface area contributed by atoms with Gasteiger partial charge in [0.15, 0.2) is 0 Å². The number of rotatable bonds is 3. The van der Waals surface area contributed by atoms with E-state index in [-0.39, 0.29) is 12.1 Å². The first kappa shape index (κ1) is 25.7. The number of halogens is 1. The number of anilines is 1.